The van der Waals surface area contributed by atoms with Crippen LogP contribution in [-0.2, 0) is 6.54 Å². The van der Waals surface area contributed by atoms with Gasteiger partial charge in [-0.15, -0.1) is 0 Å². The van der Waals surface area contributed by atoms with Crippen molar-refractivity contribution in [2.75, 3.05) is 6.54 Å². The Kier molecular flexibility index (Phi) is 6.04. The van der Waals surface area contributed by atoms with Crippen LogP contribution in [0, 0.1) is 0 Å². The molecule has 5 nitrogen and oxygen atoms in total. The van der Waals surface area contributed by atoms with Gasteiger partial charge in [0.25, 0.3) is 5.91 Å². The first-order chi connectivity index (χ1) is 13.0. The topological polar surface area (TPSA) is 67.2 Å². The molecule has 3 rings (SSSR count). The van der Waals surface area contributed by atoms with E-state index < -0.39 is 6.10 Å². The largest absolute Gasteiger partial charge is 0.387 e. The third-order valence-electron chi connectivity index (χ3n) is 4.53. The molecule has 0 radical (unpaired) electrons. The average Bonchev–Trinajstić information content (AvgIpc) is 3.15. The maximum atomic E-state index is 12.3. The number of carbonyl (C=O) groups is 1. The molecule has 27 heavy (non-hydrogen) atoms. The van der Waals surface area contributed by atoms with E-state index in [1.807, 2.05) is 54.6 Å². The summed E-state index contributed by atoms with van der Waals surface area (Å²) >= 11 is 0. The van der Waals surface area contributed by atoms with Crippen LogP contribution in [0.5, 0.6) is 0 Å². The zero-order valence-corrected chi connectivity index (χ0v) is 15.7. The second-order valence-corrected chi connectivity index (χ2v) is 6.96. The second kappa shape index (κ2) is 8.64. The Morgan fingerprint density at radius 1 is 1.07 bits per heavy atom. The molecule has 140 valence electrons. The third-order valence-corrected chi connectivity index (χ3v) is 4.53. The van der Waals surface area contributed by atoms with Gasteiger partial charge < -0.3 is 10.4 Å². The number of rotatable bonds is 7. The fourth-order valence-electron chi connectivity index (χ4n) is 2.85. The quantitative estimate of drug-likeness (QED) is 0.675. The number of aliphatic hydroxyl groups excluding tert-OH is 1. The van der Waals surface area contributed by atoms with Gasteiger partial charge in [-0.25, -0.2) is 0 Å². The molecule has 1 amide bonds. The van der Waals surface area contributed by atoms with Crippen molar-refractivity contribution in [1.29, 1.82) is 0 Å². The molecule has 0 aliphatic carbocycles. The number of aliphatic hydroxyl groups is 1. The summed E-state index contributed by atoms with van der Waals surface area (Å²) in [5.41, 5.74) is 3.61. The van der Waals surface area contributed by atoms with E-state index in [0.717, 1.165) is 11.1 Å². The maximum Gasteiger partial charge on any atom is 0.254 e. The molecule has 1 heterocycles. The first-order valence-electron chi connectivity index (χ1n) is 9.15. The summed E-state index contributed by atoms with van der Waals surface area (Å²) in [6.07, 6.45) is 2.52. The summed E-state index contributed by atoms with van der Waals surface area (Å²) in [5, 5.41) is 17.3. The summed E-state index contributed by atoms with van der Waals surface area (Å²) < 4.78 is 1.73. The molecule has 2 N–H and O–H groups in total. The maximum absolute atomic E-state index is 12.3. The molecule has 0 fully saturated rings. The molecule has 1 aromatic heterocycles. The molecule has 5 heteroatoms. The van der Waals surface area contributed by atoms with E-state index in [1.54, 1.807) is 17.1 Å². The molecule has 0 saturated carbocycles. The van der Waals surface area contributed by atoms with E-state index >= 15 is 0 Å². The number of nitrogens with zero attached hydrogens (tertiary/aromatic N) is 2. The van der Waals surface area contributed by atoms with Crippen molar-refractivity contribution in [1.82, 2.24) is 15.1 Å². The van der Waals surface area contributed by atoms with Crippen molar-refractivity contribution < 1.29 is 9.90 Å². The minimum atomic E-state index is -0.741. The van der Waals surface area contributed by atoms with Gasteiger partial charge >= 0.3 is 0 Å². The van der Waals surface area contributed by atoms with E-state index in [9.17, 15) is 9.90 Å². The Morgan fingerprint density at radius 2 is 1.74 bits per heavy atom. The van der Waals surface area contributed by atoms with E-state index in [2.05, 4.69) is 24.3 Å². The van der Waals surface area contributed by atoms with Gasteiger partial charge in [0, 0.05) is 12.7 Å². The second-order valence-electron chi connectivity index (χ2n) is 6.96. The lowest BCUT2D eigenvalue weighted by molar-refractivity contribution is 0.0916. The van der Waals surface area contributed by atoms with Crippen molar-refractivity contribution >= 4 is 5.91 Å². The fourth-order valence-corrected chi connectivity index (χ4v) is 2.85. The van der Waals surface area contributed by atoms with Crippen molar-refractivity contribution in [3.05, 3.63) is 89.2 Å². The van der Waals surface area contributed by atoms with Crippen LogP contribution in [0.2, 0.25) is 0 Å². The Hall–Kier alpha value is -2.92. The van der Waals surface area contributed by atoms with Gasteiger partial charge in [-0.1, -0.05) is 68.4 Å². The van der Waals surface area contributed by atoms with Crippen LogP contribution in [0.3, 0.4) is 0 Å². The Labute approximate surface area is 159 Å². The highest BCUT2D eigenvalue weighted by Crippen LogP contribution is 2.18. The summed E-state index contributed by atoms with van der Waals surface area (Å²) in [6.45, 7) is 5.02. The number of amides is 1. The molecular weight excluding hydrogens is 338 g/mol. The normalized spacial score (nSPS) is 12.1. The minimum Gasteiger partial charge on any atom is -0.387 e. The lowest BCUT2D eigenvalue weighted by atomic mass is 10.00. The molecule has 0 aliphatic rings. The number of carbonyl (C=O) groups excluding carboxylic acids is 1. The average molecular weight is 363 g/mol. The van der Waals surface area contributed by atoms with Crippen molar-refractivity contribution in [3.8, 4) is 0 Å². The molecular formula is C22H25N3O2. The van der Waals surface area contributed by atoms with Crippen molar-refractivity contribution in [3.63, 3.8) is 0 Å². The van der Waals surface area contributed by atoms with Crippen LogP contribution in [0.25, 0.3) is 0 Å². The van der Waals surface area contributed by atoms with Crippen LogP contribution in [0.15, 0.2) is 67.0 Å². The molecule has 3 aromatic rings. The SMILES string of the molecule is CC(C)c1ccc(C(O)CNC(=O)c2cnn(Cc3ccccc3)c2)cc1. The molecule has 0 saturated heterocycles. The number of aromatic nitrogens is 2. The monoisotopic (exact) mass is 363 g/mol. The lowest BCUT2D eigenvalue weighted by Gasteiger charge is -2.13. The zero-order chi connectivity index (χ0) is 19.2. The first kappa shape index (κ1) is 18.9. The predicted molar refractivity (Wildman–Crippen MR) is 106 cm³/mol. The molecule has 0 aliphatic heterocycles. The highest BCUT2D eigenvalue weighted by Gasteiger charge is 2.13. The number of benzene rings is 2. The summed E-state index contributed by atoms with van der Waals surface area (Å²) in [4.78, 5) is 12.3. The van der Waals surface area contributed by atoms with E-state index in [-0.39, 0.29) is 12.5 Å². The van der Waals surface area contributed by atoms with Crippen LogP contribution >= 0.6 is 0 Å². The molecule has 2 aromatic carbocycles. The highest BCUT2D eigenvalue weighted by atomic mass is 16.3. The number of hydrogen-bond acceptors (Lipinski definition) is 3. The van der Waals surface area contributed by atoms with Crippen LogP contribution in [0.1, 0.15) is 52.9 Å². The van der Waals surface area contributed by atoms with Crippen LogP contribution < -0.4 is 5.32 Å². The highest BCUT2D eigenvalue weighted by molar-refractivity contribution is 5.93. The van der Waals surface area contributed by atoms with E-state index in [1.165, 1.54) is 5.56 Å². The summed E-state index contributed by atoms with van der Waals surface area (Å²) in [6, 6.07) is 17.8. The lowest BCUT2D eigenvalue weighted by Crippen LogP contribution is -2.28. The van der Waals surface area contributed by atoms with Crippen LogP contribution in [-0.4, -0.2) is 27.3 Å². The first-order valence-corrected chi connectivity index (χ1v) is 9.15. The van der Waals surface area contributed by atoms with Gasteiger partial charge in [-0.05, 0) is 22.6 Å². The molecule has 0 spiro atoms. The van der Waals surface area contributed by atoms with Crippen molar-refractivity contribution in [2.45, 2.75) is 32.4 Å². The number of hydrogen-bond donors (Lipinski definition) is 2. The Morgan fingerprint density at radius 3 is 2.41 bits per heavy atom. The van der Waals surface area contributed by atoms with Gasteiger partial charge in [-0.2, -0.15) is 5.10 Å². The predicted octanol–water partition coefficient (Wildman–Crippen LogP) is 3.52. The smallest absolute Gasteiger partial charge is 0.254 e. The van der Waals surface area contributed by atoms with Crippen LogP contribution in [0.4, 0.5) is 0 Å². The summed E-state index contributed by atoms with van der Waals surface area (Å²) in [7, 11) is 0. The Bertz CT molecular complexity index is 870. The fraction of sp³-hybridized carbons (Fsp3) is 0.273. The van der Waals surface area contributed by atoms with Gasteiger partial charge in [0.1, 0.15) is 0 Å². The molecule has 1 unspecified atom stereocenters. The van der Waals surface area contributed by atoms with E-state index in [4.69, 9.17) is 0 Å². The van der Waals surface area contributed by atoms with E-state index in [0.29, 0.717) is 18.0 Å². The van der Waals surface area contributed by atoms with Crippen molar-refractivity contribution in [2.24, 2.45) is 0 Å². The summed E-state index contributed by atoms with van der Waals surface area (Å²) in [5.74, 6) is 0.204. The van der Waals surface area contributed by atoms with Gasteiger partial charge in [0.15, 0.2) is 0 Å². The Balaban J connectivity index is 1.54. The number of nitrogens with one attached hydrogen (secondary N) is 1. The third kappa shape index (κ3) is 5.05. The zero-order valence-electron chi connectivity index (χ0n) is 15.7. The molecule has 0 bridgehead atoms. The standard InChI is InChI=1S/C22H25N3O2/c1-16(2)18-8-10-19(11-9-18)21(26)13-23-22(27)20-12-24-25(15-20)14-17-6-4-3-5-7-17/h3-12,15-16,21,26H,13-14H2,1-2H3,(H,23,27). The van der Waals surface area contributed by atoms with Gasteiger partial charge in [0.2, 0.25) is 0 Å². The molecule has 1 atom stereocenters. The minimum absolute atomic E-state index is 0.156. The van der Waals surface area contributed by atoms with Gasteiger partial charge in [-0.3, -0.25) is 9.48 Å². The van der Waals surface area contributed by atoms with Gasteiger partial charge in [0.05, 0.1) is 24.4 Å².